The molecule has 2 aromatic heterocycles. The molecule has 138 valence electrons. The van der Waals surface area contributed by atoms with Crippen LogP contribution in [0.3, 0.4) is 0 Å². The Morgan fingerprint density at radius 3 is 2.48 bits per heavy atom. The van der Waals surface area contributed by atoms with Crippen LogP contribution in [0.15, 0.2) is 0 Å². The monoisotopic (exact) mass is 357 g/mol. The normalized spacial score (nSPS) is 13.3. The van der Waals surface area contributed by atoms with E-state index in [-0.39, 0.29) is 24.1 Å². The van der Waals surface area contributed by atoms with E-state index in [0.29, 0.717) is 17.8 Å². The molecule has 0 aliphatic carbocycles. The van der Waals surface area contributed by atoms with Crippen molar-refractivity contribution in [1.82, 2.24) is 24.5 Å². The van der Waals surface area contributed by atoms with Crippen molar-refractivity contribution in [1.29, 1.82) is 0 Å². The number of aryl methyl sites for hydroxylation is 2. The lowest BCUT2D eigenvalue weighted by molar-refractivity contribution is -0.144. The molecule has 1 unspecified atom stereocenters. The third-order valence-corrected chi connectivity index (χ3v) is 4.54. The summed E-state index contributed by atoms with van der Waals surface area (Å²) in [5.74, 6) is -1.32. The number of aromatic nitrogens is 4. The number of fused-ring (bicyclic) bond motifs is 1. The van der Waals surface area contributed by atoms with Gasteiger partial charge in [0.15, 0.2) is 0 Å². The van der Waals surface area contributed by atoms with Crippen LogP contribution < -0.4 is 0 Å². The minimum atomic E-state index is -4.62. The first-order valence-corrected chi connectivity index (χ1v) is 8.12. The van der Waals surface area contributed by atoms with E-state index in [2.05, 4.69) is 15.1 Å². The van der Waals surface area contributed by atoms with Crippen molar-refractivity contribution >= 4 is 11.7 Å². The van der Waals surface area contributed by atoms with Crippen LogP contribution in [0.25, 0.3) is 5.78 Å². The maximum atomic E-state index is 12.8. The van der Waals surface area contributed by atoms with Gasteiger partial charge in [-0.3, -0.25) is 4.79 Å². The number of hydrogen-bond donors (Lipinski definition) is 0. The van der Waals surface area contributed by atoms with Crippen LogP contribution in [0.1, 0.15) is 49.5 Å². The summed E-state index contributed by atoms with van der Waals surface area (Å²) in [6, 6.07) is 0.139. The molecule has 6 nitrogen and oxygen atoms in total. The molecule has 0 saturated carbocycles. The molecule has 0 spiro atoms. The topological polar surface area (TPSA) is 63.4 Å². The van der Waals surface area contributed by atoms with Crippen molar-refractivity contribution in [2.24, 2.45) is 0 Å². The second-order valence-corrected chi connectivity index (χ2v) is 6.17. The summed E-state index contributed by atoms with van der Waals surface area (Å²) >= 11 is 0. The van der Waals surface area contributed by atoms with Gasteiger partial charge in [0.05, 0.1) is 0 Å². The van der Waals surface area contributed by atoms with Crippen LogP contribution in [0, 0.1) is 13.8 Å². The van der Waals surface area contributed by atoms with Gasteiger partial charge in [0.2, 0.25) is 5.91 Å². The number of amides is 1. The molecule has 1 amide bonds. The SMILES string of the molecule is CCC(C)N(C)C(=O)CCc1c(C)nc2nc(C(F)(F)F)nn2c1C. The molecule has 0 N–H and O–H groups in total. The molecule has 0 radical (unpaired) electrons. The largest absolute Gasteiger partial charge is 0.453 e. The minimum Gasteiger partial charge on any atom is -0.343 e. The Bertz CT molecular complexity index is 784. The Morgan fingerprint density at radius 1 is 1.28 bits per heavy atom. The number of rotatable bonds is 5. The van der Waals surface area contributed by atoms with E-state index in [4.69, 9.17) is 0 Å². The Morgan fingerprint density at radius 2 is 1.92 bits per heavy atom. The molecule has 25 heavy (non-hydrogen) atoms. The Balaban J connectivity index is 2.28. The average Bonchev–Trinajstić information content (AvgIpc) is 2.97. The lowest BCUT2D eigenvalue weighted by Crippen LogP contribution is -2.34. The van der Waals surface area contributed by atoms with E-state index >= 15 is 0 Å². The second kappa shape index (κ2) is 6.97. The molecular weight excluding hydrogens is 335 g/mol. The fraction of sp³-hybridized carbons (Fsp3) is 0.625. The van der Waals surface area contributed by atoms with E-state index in [9.17, 15) is 18.0 Å². The molecule has 0 saturated heterocycles. The molecular formula is C16H22F3N5O. The summed E-state index contributed by atoms with van der Waals surface area (Å²) in [5, 5.41) is 3.51. The van der Waals surface area contributed by atoms with Crippen molar-refractivity contribution in [2.45, 2.75) is 59.2 Å². The third-order valence-electron chi connectivity index (χ3n) is 4.54. The number of nitrogens with zero attached hydrogens (tertiary/aromatic N) is 5. The highest BCUT2D eigenvalue weighted by Gasteiger charge is 2.37. The first-order chi connectivity index (χ1) is 11.6. The first kappa shape index (κ1) is 19.1. The standard InChI is InChI=1S/C16H22F3N5O/c1-6-9(2)23(5)13(25)8-7-12-10(3)20-15-21-14(16(17,18)19)22-24(15)11(12)4/h9H,6-8H2,1-5H3. The summed E-state index contributed by atoms with van der Waals surface area (Å²) in [6.45, 7) is 7.33. The van der Waals surface area contributed by atoms with Crippen LogP contribution >= 0.6 is 0 Å². The highest BCUT2D eigenvalue weighted by molar-refractivity contribution is 5.76. The fourth-order valence-corrected chi connectivity index (χ4v) is 2.62. The van der Waals surface area contributed by atoms with Gasteiger partial charge in [0.25, 0.3) is 11.6 Å². The van der Waals surface area contributed by atoms with Gasteiger partial charge in [-0.2, -0.15) is 18.2 Å². The van der Waals surface area contributed by atoms with E-state index in [1.165, 1.54) is 0 Å². The number of carbonyl (C=O) groups is 1. The molecule has 0 fully saturated rings. The van der Waals surface area contributed by atoms with E-state index in [1.807, 2.05) is 13.8 Å². The molecule has 2 heterocycles. The highest BCUT2D eigenvalue weighted by Crippen LogP contribution is 2.27. The predicted octanol–water partition coefficient (Wildman–Crippen LogP) is 2.95. The van der Waals surface area contributed by atoms with Gasteiger partial charge in [0, 0.05) is 30.9 Å². The number of halogens is 3. The summed E-state index contributed by atoms with van der Waals surface area (Å²) in [6.07, 6.45) is -3.12. The first-order valence-electron chi connectivity index (χ1n) is 8.12. The fourth-order valence-electron chi connectivity index (χ4n) is 2.62. The Kier molecular flexibility index (Phi) is 5.34. The molecule has 0 aliphatic rings. The maximum Gasteiger partial charge on any atom is 0.453 e. The van der Waals surface area contributed by atoms with Crippen LogP contribution in [0.5, 0.6) is 0 Å². The highest BCUT2D eigenvalue weighted by atomic mass is 19.4. The molecule has 0 aromatic carbocycles. The lowest BCUT2D eigenvalue weighted by Gasteiger charge is -2.24. The van der Waals surface area contributed by atoms with Crippen molar-refractivity contribution in [2.75, 3.05) is 7.05 Å². The smallest absolute Gasteiger partial charge is 0.343 e. The average molecular weight is 357 g/mol. The predicted molar refractivity (Wildman–Crippen MR) is 86.1 cm³/mol. The van der Waals surface area contributed by atoms with Gasteiger partial charge in [-0.15, -0.1) is 5.10 Å². The van der Waals surface area contributed by atoms with E-state index < -0.39 is 12.0 Å². The van der Waals surface area contributed by atoms with Gasteiger partial charge in [0.1, 0.15) is 0 Å². The van der Waals surface area contributed by atoms with Crippen molar-refractivity contribution in [3.63, 3.8) is 0 Å². The molecule has 9 heteroatoms. The maximum absolute atomic E-state index is 12.8. The Hall–Kier alpha value is -2.19. The lowest BCUT2D eigenvalue weighted by atomic mass is 10.1. The van der Waals surface area contributed by atoms with Crippen molar-refractivity contribution < 1.29 is 18.0 Å². The van der Waals surface area contributed by atoms with Crippen molar-refractivity contribution in [3.05, 3.63) is 22.8 Å². The van der Waals surface area contributed by atoms with Crippen LogP contribution in [0.2, 0.25) is 0 Å². The van der Waals surface area contributed by atoms with E-state index in [0.717, 1.165) is 16.5 Å². The molecule has 0 bridgehead atoms. The minimum absolute atomic E-state index is 0.0113. The molecule has 0 aliphatic heterocycles. The summed E-state index contributed by atoms with van der Waals surface area (Å²) in [7, 11) is 1.75. The quantitative estimate of drug-likeness (QED) is 0.825. The van der Waals surface area contributed by atoms with Crippen LogP contribution in [-0.4, -0.2) is 43.5 Å². The zero-order valence-electron chi connectivity index (χ0n) is 15.0. The summed E-state index contributed by atoms with van der Waals surface area (Å²) in [5.41, 5.74) is 1.80. The van der Waals surface area contributed by atoms with Crippen LogP contribution in [0.4, 0.5) is 13.2 Å². The molecule has 1 atom stereocenters. The molecule has 2 rings (SSSR count). The number of carbonyl (C=O) groups excluding carboxylic acids is 1. The van der Waals surface area contributed by atoms with Crippen LogP contribution in [-0.2, 0) is 17.4 Å². The van der Waals surface area contributed by atoms with Gasteiger partial charge in [-0.1, -0.05) is 6.92 Å². The zero-order chi connectivity index (χ0) is 18.9. The Labute approximate surface area is 144 Å². The second-order valence-electron chi connectivity index (χ2n) is 6.17. The third kappa shape index (κ3) is 3.91. The van der Waals surface area contributed by atoms with Gasteiger partial charge in [-0.05, 0) is 39.2 Å². The van der Waals surface area contributed by atoms with Gasteiger partial charge < -0.3 is 4.90 Å². The van der Waals surface area contributed by atoms with Gasteiger partial charge >= 0.3 is 6.18 Å². The van der Waals surface area contributed by atoms with E-state index in [1.54, 1.807) is 25.8 Å². The summed E-state index contributed by atoms with van der Waals surface area (Å²) in [4.78, 5) is 21.5. The van der Waals surface area contributed by atoms with Crippen molar-refractivity contribution in [3.8, 4) is 0 Å². The summed E-state index contributed by atoms with van der Waals surface area (Å²) < 4.78 is 39.5. The molecule has 2 aromatic rings. The number of hydrogen-bond acceptors (Lipinski definition) is 4. The number of alkyl halides is 3. The van der Waals surface area contributed by atoms with Gasteiger partial charge in [-0.25, -0.2) is 9.50 Å². The zero-order valence-corrected chi connectivity index (χ0v) is 15.0.